The van der Waals surface area contributed by atoms with Crippen LogP contribution in [0.4, 0.5) is 0 Å². The number of carbonyl (C=O) groups excluding carboxylic acids is 1. The van der Waals surface area contributed by atoms with Gasteiger partial charge in [-0.3, -0.25) is 0 Å². The first-order chi connectivity index (χ1) is 5.68. The maximum atomic E-state index is 11.2. The first kappa shape index (κ1) is 7.84. The van der Waals surface area contributed by atoms with Crippen LogP contribution in [0.1, 0.15) is 33.1 Å². The SMILES string of the molecule is CC1=C2C[C@H](C)CC[C@H]2OC1=O. The van der Waals surface area contributed by atoms with Crippen molar-refractivity contribution in [3.05, 3.63) is 11.1 Å². The summed E-state index contributed by atoms with van der Waals surface area (Å²) in [6.07, 6.45) is 3.41. The number of fused-ring (bicyclic) bond motifs is 1. The fourth-order valence-electron chi connectivity index (χ4n) is 2.09. The molecule has 1 fully saturated rings. The molecule has 0 bridgehead atoms. The third-order valence-corrected chi connectivity index (χ3v) is 2.92. The second-order valence-electron chi connectivity index (χ2n) is 3.93. The average Bonchev–Trinajstić information content (AvgIpc) is 2.31. The molecule has 0 saturated heterocycles. The lowest BCUT2D eigenvalue weighted by Gasteiger charge is -2.24. The molecule has 2 rings (SSSR count). The molecule has 1 heterocycles. The van der Waals surface area contributed by atoms with Gasteiger partial charge in [-0.15, -0.1) is 0 Å². The Morgan fingerprint density at radius 2 is 2.17 bits per heavy atom. The summed E-state index contributed by atoms with van der Waals surface area (Å²) in [5.74, 6) is 0.629. The molecular formula is C10H14O2. The van der Waals surface area contributed by atoms with Crippen molar-refractivity contribution < 1.29 is 9.53 Å². The van der Waals surface area contributed by atoms with Crippen LogP contribution in [0.5, 0.6) is 0 Å². The Hall–Kier alpha value is -0.790. The van der Waals surface area contributed by atoms with Gasteiger partial charge in [0.2, 0.25) is 0 Å². The van der Waals surface area contributed by atoms with Crippen molar-refractivity contribution in [2.75, 3.05) is 0 Å². The molecule has 0 unspecified atom stereocenters. The van der Waals surface area contributed by atoms with Crippen LogP contribution < -0.4 is 0 Å². The Morgan fingerprint density at radius 3 is 2.92 bits per heavy atom. The Balaban J connectivity index is 2.26. The van der Waals surface area contributed by atoms with Gasteiger partial charge in [0, 0.05) is 5.57 Å². The molecule has 2 atom stereocenters. The monoisotopic (exact) mass is 166 g/mol. The van der Waals surface area contributed by atoms with Crippen LogP contribution in [0.15, 0.2) is 11.1 Å². The zero-order chi connectivity index (χ0) is 8.72. The van der Waals surface area contributed by atoms with Gasteiger partial charge in [0.05, 0.1) is 0 Å². The second-order valence-corrected chi connectivity index (χ2v) is 3.93. The zero-order valence-corrected chi connectivity index (χ0v) is 7.59. The Kier molecular flexibility index (Phi) is 1.71. The van der Waals surface area contributed by atoms with Crippen molar-refractivity contribution >= 4 is 5.97 Å². The van der Waals surface area contributed by atoms with E-state index in [4.69, 9.17) is 4.74 Å². The van der Waals surface area contributed by atoms with Gasteiger partial charge in [-0.2, -0.15) is 0 Å². The van der Waals surface area contributed by atoms with E-state index in [2.05, 4.69) is 6.92 Å². The van der Waals surface area contributed by atoms with E-state index < -0.39 is 0 Å². The molecular weight excluding hydrogens is 152 g/mol. The van der Waals surface area contributed by atoms with E-state index in [1.165, 1.54) is 12.0 Å². The highest BCUT2D eigenvalue weighted by molar-refractivity contribution is 5.91. The molecule has 0 aromatic rings. The Labute approximate surface area is 72.6 Å². The lowest BCUT2D eigenvalue weighted by Crippen LogP contribution is -2.19. The van der Waals surface area contributed by atoms with Gasteiger partial charge in [0.25, 0.3) is 0 Å². The van der Waals surface area contributed by atoms with Gasteiger partial charge in [0.1, 0.15) is 6.10 Å². The number of carbonyl (C=O) groups is 1. The number of hydrogen-bond donors (Lipinski definition) is 0. The smallest absolute Gasteiger partial charge is 0.334 e. The third-order valence-electron chi connectivity index (χ3n) is 2.92. The van der Waals surface area contributed by atoms with E-state index >= 15 is 0 Å². The van der Waals surface area contributed by atoms with Crippen LogP contribution in [-0.2, 0) is 9.53 Å². The highest BCUT2D eigenvalue weighted by Gasteiger charge is 2.34. The minimum atomic E-state index is -0.0934. The summed E-state index contributed by atoms with van der Waals surface area (Å²) in [5.41, 5.74) is 2.13. The van der Waals surface area contributed by atoms with Gasteiger partial charge in [0.15, 0.2) is 0 Å². The summed E-state index contributed by atoms with van der Waals surface area (Å²) in [7, 11) is 0. The van der Waals surface area contributed by atoms with Crippen molar-refractivity contribution in [2.45, 2.75) is 39.2 Å². The maximum Gasteiger partial charge on any atom is 0.334 e. The first-order valence-electron chi connectivity index (χ1n) is 4.59. The van der Waals surface area contributed by atoms with Crippen molar-refractivity contribution in [3.63, 3.8) is 0 Å². The number of ether oxygens (including phenoxy) is 1. The standard InChI is InChI=1S/C10H14O2/c1-6-3-4-9-8(5-6)7(2)10(11)12-9/h6,9H,3-5H2,1-2H3/t6-,9-/m1/s1. The summed E-state index contributed by atoms with van der Waals surface area (Å²) in [6, 6.07) is 0. The summed E-state index contributed by atoms with van der Waals surface area (Å²) >= 11 is 0. The maximum absolute atomic E-state index is 11.2. The highest BCUT2D eigenvalue weighted by atomic mass is 16.5. The van der Waals surface area contributed by atoms with E-state index in [1.54, 1.807) is 0 Å². The van der Waals surface area contributed by atoms with Gasteiger partial charge < -0.3 is 4.74 Å². The van der Waals surface area contributed by atoms with Crippen LogP contribution >= 0.6 is 0 Å². The molecule has 12 heavy (non-hydrogen) atoms. The van der Waals surface area contributed by atoms with Crippen LogP contribution in [0.3, 0.4) is 0 Å². The van der Waals surface area contributed by atoms with Gasteiger partial charge in [-0.05, 0) is 37.7 Å². The van der Waals surface area contributed by atoms with E-state index in [9.17, 15) is 4.79 Å². The molecule has 0 aromatic carbocycles. The lowest BCUT2D eigenvalue weighted by atomic mass is 9.84. The summed E-state index contributed by atoms with van der Waals surface area (Å²) < 4.78 is 5.21. The predicted molar refractivity (Wildman–Crippen MR) is 45.6 cm³/mol. The van der Waals surface area contributed by atoms with Gasteiger partial charge >= 0.3 is 5.97 Å². The molecule has 1 aliphatic carbocycles. The molecule has 0 radical (unpaired) electrons. The minimum Gasteiger partial charge on any atom is -0.454 e. The molecule has 0 amide bonds. The van der Waals surface area contributed by atoms with Crippen LogP contribution in [0, 0.1) is 5.92 Å². The quantitative estimate of drug-likeness (QED) is 0.515. The van der Waals surface area contributed by atoms with Crippen molar-refractivity contribution in [1.82, 2.24) is 0 Å². The molecule has 0 spiro atoms. The fraction of sp³-hybridized carbons (Fsp3) is 0.700. The zero-order valence-electron chi connectivity index (χ0n) is 7.59. The average molecular weight is 166 g/mol. The molecule has 2 heteroatoms. The van der Waals surface area contributed by atoms with Crippen molar-refractivity contribution in [1.29, 1.82) is 0 Å². The van der Waals surface area contributed by atoms with Gasteiger partial charge in [-0.1, -0.05) is 6.92 Å². The van der Waals surface area contributed by atoms with E-state index in [1.807, 2.05) is 6.92 Å². The van der Waals surface area contributed by atoms with Crippen LogP contribution in [0.2, 0.25) is 0 Å². The highest BCUT2D eigenvalue weighted by Crippen LogP contribution is 2.36. The number of esters is 1. The van der Waals surface area contributed by atoms with Gasteiger partial charge in [-0.25, -0.2) is 4.79 Å². The normalized spacial score (nSPS) is 35.0. The number of hydrogen-bond acceptors (Lipinski definition) is 2. The summed E-state index contributed by atoms with van der Waals surface area (Å²) in [4.78, 5) is 11.2. The van der Waals surface area contributed by atoms with Crippen molar-refractivity contribution in [2.24, 2.45) is 5.92 Å². The largest absolute Gasteiger partial charge is 0.454 e. The molecule has 66 valence electrons. The van der Waals surface area contributed by atoms with E-state index in [0.717, 1.165) is 24.3 Å². The topological polar surface area (TPSA) is 26.3 Å². The Bertz CT molecular complexity index is 253. The fourth-order valence-corrected chi connectivity index (χ4v) is 2.09. The lowest BCUT2D eigenvalue weighted by molar-refractivity contribution is -0.140. The van der Waals surface area contributed by atoms with Crippen LogP contribution in [-0.4, -0.2) is 12.1 Å². The molecule has 0 N–H and O–H groups in total. The summed E-state index contributed by atoms with van der Waals surface area (Å²) in [5, 5.41) is 0. The van der Waals surface area contributed by atoms with E-state index in [-0.39, 0.29) is 12.1 Å². The Morgan fingerprint density at radius 1 is 1.42 bits per heavy atom. The van der Waals surface area contributed by atoms with E-state index in [0.29, 0.717) is 0 Å². The minimum absolute atomic E-state index is 0.0934. The molecule has 1 aliphatic heterocycles. The first-order valence-corrected chi connectivity index (χ1v) is 4.59. The molecule has 1 saturated carbocycles. The third kappa shape index (κ3) is 1.06. The summed E-state index contributed by atoms with van der Waals surface area (Å²) in [6.45, 7) is 4.12. The molecule has 0 aromatic heterocycles. The van der Waals surface area contributed by atoms with Crippen molar-refractivity contribution in [3.8, 4) is 0 Å². The second kappa shape index (κ2) is 2.61. The van der Waals surface area contributed by atoms with Crippen LogP contribution in [0.25, 0.3) is 0 Å². The predicted octanol–water partition coefficient (Wildman–Crippen LogP) is 2.05. The molecule has 2 nitrogen and oxygen atoms in total. The number of rotatable bonds is 0. The molecule has 2 aliphatic rings.